The summed E-state index contributed by atoms with van der Waals surface area (Å²) in [4.78, 5) is 0. The molecular weight excluding hydrogens is 246 g/mol. The maximum absolute atomic E-state index is 4.49. The van der Waals surface area contributed by atoms with Crippen molar-refractivity contribution in [2.24, 2.45) is 18.9 Å². The lowest BCUT2D eigenvalue weighted by Crippen LogP contribution is -2.38. The number of nitrogens with one attached hydrogen (secondary N) is 1. The minimum absolute atomic E-state index is 0.626. The molecular formula is C17H31N3. The van der Waals surface area contributed by atoms with Crippen molar-refractivity contribution in [3.63, 3.8) is 0 Å². The normalized spacial score (nSPS) is 24.2. The zero-order valence-corrected chi connectivity index (χ0v) is 13.7. The average molecular weight is 277 g/mol. The van der Waals surface area contributed by atoms with E-state index < -0.39 is 0 Å². The Balaban J connectivity index is 2.01. The van der Waals surface area contributed by atoms with E-state index in [9.17, 15) is 0 Å². The van der Waals surface area contributed by atoms with E-state index in [1.807, 2.05) is 0 Å². The number of nitrogens with zero attached hydrogens (tertiary/aromatic N) is 2. The van der Waals surface area contributed by atoms with Gasteiger partial charge >= 0.3 is 0 Å². The van der Waals surface area contributed by atoms with Gasteiger partial charge in [0.05, 0.1) is 5.69 Å². The SMILES string of the molecule is CCCNC(Cc1cc(C)nn1C)C1CCC(CC)C1. The average Bonchev–Trinajstić information content (AvgIpc) is 3.01. The Morgan fingerprint density at radius 2 is 2.20 bits per heavy atom. The molecule has 3 heteroatoms. The number of hydrogen-bond donors (Lipinski definition) is 1. The van der Waals surface area contributed by atoms with Gasteiger partial charge < -0.3 is 5.32 Å². The van der Waals surface area contributed by atoms with E-state index in [4.69, 9.17) is 0 Å². The van der Waals surface area contributed by atoms with E-state index >= 15 is 0 Å². The molecule has 0 saturated heterocycles. The fraction of sp³-hybridized carbons (Fsp3) is 0.824. The van der Waals surface area contributed by atoms with Gasteiger partial charge in [-0.15, -0.1) is 0 Å². The summed E-state index contributed by atoms with van der Waals surface area (Å²) in [7, 11) is 2.07. The van der Waals surface area contributed by atoms with Crippen LogP contribution in [0.2, 0.25) is 0 Å². The lowest BCUT2D eigenvalue weighted by molar-refractivity contribution is 0.339. The molecule has 3 atom stereocenters. The quantitative estimate of drug-likeness (QED) is 0.827. The summed E-state index contributed by atoms with van der Waals surface area (Å²) >= 11 is 0. The molecule has 3 nitrogen and oxygen atoms in total. The van der Waals surface area contributed by atoms with Crippen molar-refractivity contribution >= 4 is 0 Å². The van der Waals surface area contributed by atoms with Crippen LogP contribution in [0.15, 0.2) is 6.07 Å². The van der Waals surface area contributed by atoms with Crippen LogP contribution >= 0.6 is 0 Å². The maximum Gasteiger partial charge on any atom is 0.0596 e. The first kappa shape index (κ1) is 15.6. The van der Waals surface area contributed by atoms with Gasteiger partial charge in [0.15, 0.2) is 0 Å². The van der Waals surface area contributed by atoms with E-state index in [1.54, 1.807) is 0 Å². The lowest BCUT2D eigenvalue weighted by atomic mass is 9.92. The van der Waals surface area contributed by atoms with E-state index in [-0.39, 0.29) is 0 Å². The molecule has 2 rings (SSSR count). The van der Waals surface area contributed by atoms with Gasteiger partial charge in [-0.1, -0.05) is 26.7 Å². The molecule has 1 N–H and O–H groups in total. The van der Waals surface area contributed by atoms with Crippen LogP contribution in [0.1, 0.15) is 57.3 Å². The smallest absolute Gasteiger partial charge is 0.0596 e. The molecule has 3 unspecified atom stereocenters. The molecule has 0 bridgehead atoms. The van der Waals surface area contributed by atoms with E-state index in [2.05, 4.69) is 49.0 Å². The molecule has 1 saturated carbocycles. The Kier molecular flexibility index (Phi) is 5.64. The molecule has 1 aromatic rings. The fourth-order valence-corrected chi connectivity index (χ4v) is 3.67. The molecule has 0 spiro atoms. The third-order valence-electron chi connectivity index (χ3n) is 4.91. The predicted octanol–water partition coefficient (Wildman–Crippen LogP) is 3.47. The Labute approximate surface area is 124 Å². The van der Waals surface area contributed by atoms with Gasteiger partial charge in [0, 0.05) is 25.2 Å². The molecule has 1 fully saturated rings. The summed E-state index contributed by atoms with van der Waals surface area (Å²) in [6.45, 7) is 7.81. The van der Waals surface area contributed by atoms with Crippen LogP contribution in [0.25, 0.3) is 0 Å². The Bertz CT molecular complexity index is 410. The third-order valence-corrected chi connectivity index (χ3v) is 4.91. The highest BCUT2D eigenvalue weighted by atomic mass is 15.3. The van der Waals surface area contributed by atoms with Crippen LogP contribution in [-0.2, 0) is 13.5 Å². The fourth-order valence-electron chi connectivity index (χ4n) is 3.67. The number of aromatic nitrogens is 2. The van der Waals surface area contributed by atoms with Crippen molar-refractivity contribution in [3.8, 4) is 0 Å². The molecule has 0 radical (unpaired) electrons. The number of hydrogen-bond acceptors (Lipinski definition) is 2. The van der Waals surface area contributed by atoms with Crippen molar-refractivity contribution < 1.29 is 0 Å². The second-order valence-corrected chi connectivity index (χ2v) is 6.51. The largest absolute Gasteiger partial charge is 0.313 e. The van der Waals surface area contributed by atoms with Gasteiger partial charge in [-0.05, 0) is 50.6 Å². The van der Waals surface area contributed by atoms with E-state index in [0.717, 1.165) is 30.5 Å². The zero-order valence-electron chi connectivity index (χ0n) is 13.7. The second-order valence-electron chi connectivity index (χ2n) is 6.51. The van der Waals surface area contributed by atoms with Crippen LogP contribution in [0.3, 0.4) is 0 Å². The van der Waals surface area contributed by atoms with Crippen molar-refractivity contribution in [2.75, 3.05) is 6.54 Å². The van der Waals surface area contributed by atoms with Crippen molar-refractivity contribution in [1.82, 2.24) is 15.1 Å². The Morgan fingerprint density at radius 3 is 2.75 bits per heavy atom. The molecule has 0 aromatic carbocycles. The highest BCUT2D eigenvalue weighted by molar-refractivity contribution is 5.10. The van der Waals surface area contributed by atoms with Gasteiger partial charge in [0.1, 0.15) is 0 Å². The van der Waals surface area contributed by atoms with Gasteiger partial charge in [0.25, 0.3) is 0 Å². The molecule has 0 amide bonds. The lowest BCUT2D eigenvalue weighted by Gasteiger charge is -2.25. The molecule has 1 aromatic heterocycles. The van der Waals surface area contributed by atoms with Crippen LogP contribution in [-0.4, -0.2) is 22.4 Å². The topological polar surface area (TPSA) is 29.9 Å². The summed E-state index contributed by atoms with van der Waals surface area (Å²) in [6.07, 6.45) is 7.92. The summed E-state index contributed by atoms with van der Waals surface area (Å²) in [5, 5.41) is 8.29. The summed E-state index contributed by atoms with van der Waals surface area (Å²) in [6, 6.07) is 2.87. The van der Waals surface area contributed by atoms with Crippen LogP contribution in [0.5, 0.6) is 0 Å². The van der Waals surface area contributed by atoms with Crippen molar-refractivity contribution in [3.05, 3.63) is 17.5 Å². The number of rotatable bonds is 7. The standard InChI is InChI=1S/C17H31N3/c1-5-9-18-17(15-8-7-14(6-2)11-15)12-16-10-13(3)19-20(16)4/h10,14-15,17-18H,5-9,11-12H2,1-4H3. The molecule has 1 heterocycles. The predicted molar refractivity (Wildman–Crippen MR) is 84.9 cm³/mol. The molecule has 1 aliphatic carbocycles. The zero-order chi connectivity index (χ0) is 14.5. The second kappa shape index (κ2) is 7.26. The van der Waals surface area contributed by atoms with Crippen molar-refractivity contribution in [2.45, 2.75) is 65.3 Å². The first-order valence-corrected chi connectivity index (χ1v) is 8.36. The molecule has 114 valence electrons. The highest BCUT2D eigenvalue weighted by Gasteiger charge is 2.30. The first-order valence-electron chi connectivity index (χ1n) is 8.36. The van der Waals surface area contributed by atoms with Gasteiger partial charge in [-0.2, -0.15) is 5.10 Å². The third kappa shape index (κ3) is 3.85. The van der Waals surface area contributed by atoms with E-state index in [0.29, 0.717) is 6.04 Å². The van der Waals surface area contributed by atoms with Gasteiger partial charge in [-0.3, -0.25) is 4.68 Å². The minimum atomic E-state index is 0.626. The first-order chi connectivity index (χ1) is 9.63. The Hall–Kier alpha value is -0.830. The van der Waals surface area contributed by atoms with Gasteiger partial charge in [-0.25, -0.2) is 0 Å². The van der Waals surface area contributed by atoms with Crippen LogP contribution in [0.4, 0.5) is 0 Å². The molecule has 20 heavy (non-hydrogen) atoms. The maximum atomic E-state index is 4.49. The van der Waals surface area contributed by atoms with E-state index in [1.165, 1.54) is 37.8 Å². The molecule has 1 aliphatic rings. The summed E-state index contributed by atoms with van der Waals surface area (Å²) < 4.78 is 2.06. The molecule has 0 aliphatic heterocycles. The van der Waals surface area contributed by atoms with Gasteiger partial charge in [0.2, 0.25) is 0 Å². The van der Waals surface area contributed by atoms with Crippen molar-refractivity contribution in [1.29, 1.82) is 0 Å². The highest BCUT2D eigenvalue weighted by Crippen LogP contribution is 2.35. The summed E-state index contributed by atoms with van der Waals surface area (Å²) in [5.74, 6) is 1.81. The number of aryl methyl sites for hydroxylation is 2. The monoisotopic (exact) mass is 277 g/mol. The summed E-state index contributed by atoms with van der Waals surface area (Å²) in [5.41, 5.74) is 2.51. The Morgan fingerprint density at radius 1 is 1.40 bits per heavy atom. The van der Waals surface area contributed by atoms with Crippen LogP contribution in [0, 0.1) is 18.8 Å². The minimum Gasteiger partial charge on any atom is -0.313 e. The van der Waals surface area contributed by atoms with Crippen LogP contribution < -0.4 is 5.32 Å².